The van der Waals surface area contributed by atoms with Crippen LogP contribution in [0.5, 0.6) is 0 Å². The number of aromatic nitrogens is 1. The quantitative estimate of drug-likeness (QED) is 0.145. The number of benzene rings is 8. The third-order valence-corrected chi connectivity index (χ3v) is 10.5. The van der Waals surface area contributed by atoms with Crippen LogP contribution in [-0.4, -0.2) is 4.98 Å². The first kappa shape index (κ1) is 50.5. The number of nitrogens with zero attached hydrogens (tertiary/aromatic N) is 1. The second-order valence-corrected chi connectivity index (χ2v) is 14.9. The fourth-order valence-electron chi connectivity index (χ4n) is 7.13. The monoisotopic (exact) mass is 1350 g/mol. The van der Waals surface area contributed by atoms with E-state index in [1.165, 1.54) is 61.2 Å². The van der Waals surface area contributed by atoms with Crippen molar-refractivity contribution in [3.63, 3.8) is 0 Å². The normalized spacial score (nSPS) is 9.98. The van der Waals surface area contributed by atoms with E-state index in [2.05, 4.69) is 179 Å². The molecule has 0 aliphatic heterocycles. The third-order valence-electron chi connectivity index (χ3n) is 10.5. The van der Waals surface area contributed by atoms with Gasteiger partial charge in [-0.3, -0.25) is 0 Å². The van der Waals surface area contributed by atoms with Crippen molar-refractivity contribution in [2.45, 2.75) is 41.0 Å². The van der Waals surface area contributed by atoms with Crippen LogP contribution in [0.25, 0.3) is 66.9 Å². The van der Waals surface area contributed by atoms with Gasteiger partial charge in [-0.15, -0.1) is 76.3 Å². The molecule has 1 aromatic heterocycles. The summed E-state index contributed by atoms with van der Waals surface area (Å²) in [5, 5.41) is 0. The largest absolute Gasteiger partial charge is 0.305 e. The minimum atomic E-state index is 0. The molecule has 1 nitrogen and oxygen atoms in total. The smallest absolute Gasteiger partial charge is 0.0160 e. The summed E-state index contributed by atoms with van der Waals surface area (Å²) in [4.78, 5) is 4.32. The van der Waals surface area contributed by atoms with Gasteiger partial charge in [0.25, 0.3) is 0 Å². The van der Waals surface area contributed by atoms with E-state index in [-0.39, 0.29) is 60.3 Å². The van der Waals surface area contributed by atoms with Crippen LogP contribution in [0.15, 0.2) is 188 Å². The van der Waals surface area contributed by atoms with E-state index >= 15 is 0 Å². The first-order valence-electron chi connectivity index (χ1n) is 20.5. The molecular weight excluding hydrogens is 1300 g/mol. The predicted molar refractivity (Wildman–Crippen MR) is 252 cm³/mol. The van der Waals surface area contributed by atoms with Crippen molar-refractivity contribution in [2.24, 2.45) is 0 Å². The van der Waals surface area contributed by atoms with Crippen LogP contribution in [0.4, 0.5) is 0 Å². The van der Waals surface area contributed by atoms with E-state index in [9.17, 15) is 0 Å². The Hall–Kier alpha value is -5.14. The SMILES string of the molecule is CCc1cc[c-]c(-c2[c-]ccc(-c3ccccc3)c2)c1.Cc1cc(C)cc(-c2cc[c-]c(-c3[c-]ccc(C)c3C)c2)c1.[Ir].[Ir].[Ir].[c-]1cc(-c2ccccc2)ccc1-c1ccccn1. The number of hydrogen-bond acceptors (Lipinski definition) is 1. The molecule has 9 aromatic rings. The molecule has 0 amide bonds. The zero-order chi connectivity index (χ0) is 41.7. The van der Waals surface area contributed by atoms with Gasteiger partial charge in [-0.25, -0.2) is 22.3 Å². The van der Waals surface area contributed by atoms with Crippen LogP contribution in [0.3, 0.4) is 0 Å². The van der Waals surface area contributed by atoms with E-state index in [1.807, 2.05) is 72.8 Å². The third kappa shape index (κ3) is 13.9. The topological polar surface area (TPSA) is 12.9 Å². The van der Waals surface area contributed by atoms with Crippen molar-refractivity contribution < 1.29 is 60.3 Å². The van der Waals surface area contributed by atoms with Gasteiger partial charge in [0.2, 0.25) is 0 Å². The van der Waals surface area contributed by atoms with Crippen LogP contribution in [0, 0.1) is 58.0 Å². The van der Waals surface area contributed by atoms with Crippen molar-refractivity contribution in [1.29, 1.82) is 0 Å². The summed E-state index contributed by atoms with van der Waals surface area (Å²) in [6.45, 7) is 10.7. The Morgan fingerprint density at radius 2 is 0.968 bits per heavy atom. The first-order chi connectivity index (χ1) is 29.3. The summed E-state index contributed by atoms with van der Waals surface area (Å²) in [5.41, 5.74) is 20.3. The van der Waals surface area contributed by atoms with Gasteiger partial charge in [-0.1, -0.05) is 134 Å². The molecule has 0 unspecified atom stereocenters. The van der Waals surface area contributed by atoms with Crippen LogP contribution < -0.4 is 0 Å². The van der Waals surface area contributed by atoms with Crippen molar-refractivity contribution in [1.82, 2.24) is 4.98 Å². The molecule has 0 bridgehead atoms. The van der Waals surface area contributed by atoms with E-state index in [0.717, 1.165) is 39.9 Å². The standard InChI is InChI=1S/C22H20.C20H16.C17H12N.3Ir/c1-15-11-16(2)13-21(12-15)19-8-6-9-20(14-19)22-10-5-7-17(3)18(22)4;1-2-16-8-6-11-18(14-16)20-13-7-12-19(15-20)17-9-4-3-5-10-17;1-2-6-14(7-3-1)15-9-11-16(12-10-15)17-8-4-5-13-18-17;;;/h5-8,11-14H,1-4H3;3-10,12,14-15H,2H2,1H3;1-11,13H;;;/q2*-2;-1;;;. The molecule has 0 spiro atoms. The fourth-order valence-corrected chi connectivity index (χ4v) is 7.13. The summed E-state index contributed by atoms with van der Waals surface area (Å²) in [6.07, 6.45) is 2.84. The Balaban J connectivity index is 0.000000203. The molecule has 321 valence electrons. The van der Waals surface area contributed by atoms with Crippen LogP contribution in [-0.2, 0) is 66.7 Å². The second-order valence-electron chi connectivity index (χ2n) is 14.9. The number of hydrogen-bond donors (Lipinski definition) is 0. The van der Waals surface area contributed by atoms with Crippen molar-refractivity contribution in [3.05, 3.63) is 246 Å². The van der Waals surface area contributed by atoms with E-state index < -0.39 is 0 Å². The Labute approximate surface area is 416 Å². The summed E-state index contributed by atoms with van der Waals surface area (Å²) < 4.78 is 0. The van der Waals surface area contributed by atoms with Gasteiger partial charge in [0, 0.05) is 66.5 Å². The molecule has 0 aliphatic carbocycles. The molecular formula is C59H48Ir3N-5. The molecule has 63 heavy (non-hydrogen) atoms. The van der Waals surface area contributed by atoms with Gasteiger partial charge >= 0.3 is 0 Å². The van der Waals surface area contributed by atoms with E-state index in [1.54, 1.807) is 6.20 Å². The Morgan fingerprint density at radius 1 is 0.413 bits per heavy atom. The Kier molecular flexibility index (Phi) is 20.2. The fraction of sp³-hybridized carbons (Fsp3) is 0.102. The minimum absolute atomic E-state index is 0. The van der Waals surface area contributed by atoms with Crippen LogP contribution >= 0.6 is 0 Å². The number of rotatable bonds is 7. The zero-order valence-electron chi connectivity index (χ0n) is 36.1. The summed E-state index contributed by atoms with van der Waals surface area (Å²) >= 11 is 0. The molecule has 9 rings (SSSR count). The zero-order valence-corrected chi connectivity index (χ0v) is 43.2. The summed E-state index contributed by atoms with van der Waals surface area (Å²) in [7, 11) is 0. The Bertz CT molecular complexity index is 2690. The van der Waals surface area contributed by atoms with Crippen LogP contribution in [0.2, 0.25) is 0 Å². The van der Waals surface area contributed by atoms with Gasteiger partial charge in [-0.2, -0.15) is 72.3 Å². The first-order valence-corrected chi connectivity index (χ1v) is 20.5. The van der Waals surface area contributed by atoms with Crippen molar-refractivity contribution in [2.75, 3.05) is 0 Å². The van der Waals surface area contributed by atoms with Crippen LogP contribution in [0.1, 0.15) is 34.7 Å². The molecule has 0 saturated carbocycles. The second kappa shape index (κ2) is 25.2. The summed E-state index contributed by atoms with van der Waals surface area (Å²) in [6, 6.07) is 79.2. The maximum atomic E-state index is 4.32. The van der Waals surface area contributed by atoms with Gasteiger partial charge in [0.1, 0.15) is 0 Å². The minimum Gasteiger partial charge on any atom is -0.305 e. The average Bonchev–Trinajstić information content (AvgIpc) is 3.31. The van der Waals surface area contributed by atoms with E-state index in [0.29, 0.717) is 0 Å². The number of pyridine rings is 1. The molecule has 0 saturated heterocycles. The molecule has 3 radical (unpaired) electrons. The average molecular weight is 1350 g/mol. The van der Waals surface area contributed by atoms with Crippen molar-refractivity contribution >= 4 is 0 Å². The van der Waals surface area contributed by atoms with Gasteiger partial charge in [-0.05, 0) is 43.2 Å². The van der Waals surface area contributed by atoms with Gasteiger partial charge < -0.3 is 4.98 Å². The van der Waals surface area contributed by atoms with Gasteiger partial charge in [0.15, 0.2) is 0 Å². The molecule has 0 N–H and O–H groups in total. The molecule has 8 aromatic carbocycles. The Morgan fingerprint density at radius 3 is 1.57 bits per heavy atom. The molecule has 1 heterocycles. The predicted octanol–water partition coefficient (Wildman–Crippen LogP) is 15.2. The maximum Gasteiger partial charge on any atom is 0.0160 e. The number of aryl methyl sites for hydroxylation is 4. The molecule has 0 aliphatic rings. The molecule has 4 heteroatoms. The maximum absolute atomic E-state index is 4.32. The van der Waals surface area contributed by atoms with Gasteiger partial charge in [0.05, 0.1) is 0 Å². The van der Waals surface area contributed by atoms with Crippen molar-refractivity contribution in [3.8, 4) is 66.9 Å². The molecule has 0 fully saturated rings. The summed E-state index contributed by atoms with van der Waals surface area (Å²) in [5.74, 6) is 0. The van der Waals surface area contributed by atoms with E-state index in [4.69, 9.17) is 0 Å². The molecule has 0 atom stereocenters.